The maximum atomic E-state index is 4.64. The van der Waals surface area contributed by atoms with Crippen LogP contribution in [-0.4, -0.2) is 9.97 Å². The van der Waals surface area contributed by atoms with Crippen molar-refractivity contribution in [3.05, 3.63) is 28.5 Å². The van der Waals surface area contributed by atoms with Crippen LogP contribution in [0.25, 0.3) is 11.0 Å². The molecule has 1 unspecified atom stereocenters. The second kappa shape index (κ2) is 2.85. The molecular weight excluding hydrogens is 252 g/mol. The summed E-state index contributed by atoms with van der Waals surface area (Å²) < 4.78 is 1.10. The molecule has 0 amide bonds. The lowest BCUT2D eigenvalue weighted by atomic mass is 10.1. The van der Waals surface area contributed by atoms with Gasteiger partial charge in [-0.1, -0.05) is 29.8 Å². The van der Waals surface area contributed by atoms with Gasteiger partial charge in [-0.3, -0.25) is 0 Å². The summed E-state index contributed by atoms with van der Waals surface area (Å²) in [6.45, 7) is 4.58. The molecule has 3 heteroatoms. The fourth-order valence-corrected chi connectivity index (χ4v) is 2.46. The van der Waals surface area contributed by atoms with Gasteiger partial charge in [0.1, 0.15) is 5.82 Å². The Morgan fingerprint density at radius 2 is 2.20 bits per heavy atom. The van der Waals surface area contributed by atoms with E-state index in [1.54, 1.807) is 0 Å². The van der Waals surface area contributed by atoms with Crippen LogP contribution < -0.4 is 0 Å². The first-order chi connectivity index (χ1) is 7.06. The lowest BCUT2D eigenvalue weighted by Crippen LogP contribution is -1.91. The second-order valence-electron chi connectivity index (χ2n) is 5.03. The summed E-state index contributed by atoms with van der Waals surface area (Å²) in [4.78, 5) is 8.05. The lowest BCUT2D eigenvalue weighted by Gasteiger charge is -1.97. The minimum absolute atomic E-state index is 0.436. The van der Waals surface area contributed by atoms with E-state index in [0.29, 0.717) is 11.3 Å². The molecule has 3 rings (SSSR count). The quantitative estimate of drug-likeness (QED) is 0.833. The van der Waals surface area contributed by atoms with E-state index in [-0.39, 0.29) is 0 Å². The van der Waals surface area contributed by atoms with E-state index < -0.39 is 0 Å². The largest absolute Gasteiger partial charge is 0.342 e. The van der Waals surface area contributed by atoms with E-state index in [1.807, 2.05) is 6.07 Å². The SMILES string of the molecule is CC1(C)CC1c1nc2ccc(Br)cc2[nH]1. The Morgan fingerprint density at radius 1 is 1.47 bits per heavy atom. The van der Waals surface area contributed by atoms with Crippen LogP contribution in [0.15, 0.2) is 22.7 Å². The first-order valence-corrected chi connectivity index (χ1v) is 6.01. The number of imidazole rings is 1. The Balaban J connectivity index is 2.08. The van der Waals surface area contributed by atoms with Gasteiger partial charge in [0.05, 0.1) is 11.0 Å². The number of nitrogens with zero attached hydrogens (tertiary/aromatic N) is 1. The zero-order valence-electron chi connectivity index (χ0n) is 8.84. The summed E-state index contributed by atoms with van der Waals surface area (Å²) >= 11 is 3.47. The Hall–Kier alpha value is -0.830. The number of fused-ring (bicyclic) bond motifs is 1. The summed E-state index contributed by atoms with van der Waals surface area (Å²) in [7, 11) is 0. The maximum Gasteiger partial charge on any atom is 0.110 e. The summed E-state index contributed by atoms with van der Waals surface area (Å²) in [5, 5.41) is 0. The number of halogens is 1. The predicted octanol–water partition coefficient (Wildman–Crippen LogP) is 3.84. The molecule has 1 aliphatic rings. The highest BCUT2D eigenvalue weighted by atomic mass is 79.9. The molecule has 1 aliphatic carbocycles. The molecule has 1 heterocycles. The zero-order chi connectivity index (χ0) is 10.6. The molecule has 1 aromatic heterocycles. The molecule has 2 aromatic rings. The van der Waals surface area contributed by atoms with Gasteiger partial charge in [0.2, 0.25) is 0 Å². The molecule has 1 N–H and O–H groups in total. The van der Waals surface area contributed by atoms with E-state index in [0.717, 1.165) is 21.3 Å². The van der Waals surface area contributed by atoms with Crippen LogP contribution in [0.3, 0.4) is 0 Å². The first-order valence-electron chi connectivity index (χ1n) is 5.21. The van der Waals surface area contributed by atoms with Gasteiger partial charge in [-0.05, 0) is 30.0 Å². The van der Waals surface area contributed by atoms with Gasteiger partial charge in [0, 0.05) is 10.4 Å². The number of hydrogen-bond acceptors (Lipinski definition) is 1. The van der Waals surface area contributed by atoms with Crippen molar-refractivity contribution in [3.8, 4) is 0 Å². The van der Waals surface area contributed by atoms with Crippen LogP contribution in [0, 0.1) is 5.41 Å². The van der Waals surface area contributed by atoms with Gasteiger partial charge in [0.15, 0.2) is 0 Å². The standard InChI is InChI=1S/C12H13BrN2/c1-12(2)6-8(12)11-14-9-4-3-7(13)5-10(9)15-11/h3-5,8H,6H2,1-2H3,(H,14,15). The number of H-pyrrole nitrogens is 1. The minimum Gasteiger partial charge on any atom is -0.342 e. The average Bonchev–Trinajstić information content (AvgIpc) is 2.63. The lowest BCUT2D eigenvalue weighted by molar-refractivity contribution is 0.612. The third-order valence-corrected chi connectivity index (χ3v) is 3.80. The van der Waals surface area contributed by atoms with Crippen LogP contribution in [0.4, 0.5) is 0 Å². The molecule has 78 valence electrons. The van der Waals surface area contributed by atoms with Crippen LogP contribution in [0.2, 0.25) is 0 Å². The van der Waals surface area contributed by atoms with Crippen molar-refractivity contribution in [1.29, 1.82) is 0 Å². The summed E-state index contributed by atoms with van der Waals surface area (Å²) in [6.07, 6.45) is 1.24. The Bertz CT molecular complexity index is 527. The van der Waals surface area contributed by atoms with Crippen molar-refractivity contribution in [2.45, 2.75) is 26.2 Å². The number of nitrogens with one attached hydrogen (secondary N) is 1. The monoisotopic (exact) mass is 264 g/mol. The van der Waals surface area contributed by atoms with Crippen molar-refractivity contribution < 1.29 is 0 Å². The molecule has 1 aromatic carbocycles. The highest BCUT2D eigenvalue weighted by molar-refractivity contribution is 9.10. The van der Waals surface area contributed by atoms with Crippen molar-refractivity contribution in [3.63, 3.8) is 0 Å². The fourth-order valence-electron chi connectivity index (χ4n) is 2.10. The normalized spacial score (nSPS) is 23.3. The topological polar surface area (TPSA) is 28.7 Å². The predicted molar refractivity (Wildman–Crippen MR) is 64.9 cm³/mol. The molecule has 1 saturated carbocycles. The molecule has 2 nitrogen and oxygen atoms in total. The molecular formula is C12H13BrN2. The average molecular weight is 265 g/mol. The van der Waals surface area contributed by atoms with Crippen molar-refractivity contribution in [1.82, 2.24) is 9.97 Å². The van der Waals surface area contributed by atoms with E-state index in [9.17, 15) is 0 Å². The van der Waals surface area contributed by atoms with E-state index in [4.69, 9.17) is 0 Å². The third kappa shape index (κ3) is 1.49. The van der Waals surface area contributed by atoms with Gasteiger partial charge in [-0.2, -0.15) is 0 Å². The minimum atomic E-state index is 0.436. The molecule has 0 bridgehead atoms. The highest BCUT2D eigenvalue weighted by Crippen LogP contribution is 2.57. The Kier molecular flexibility index (Phi) is 1.78. The molecule has 1 atom stereocenters. The summed E-state index contributed by atoms with van der Waals surface area (Å²) in [5.41, 5.74) is 2.63. The first kappa shape index (κ1) is 9.40. The van der Waals surface area contributed by atoms with Crippen LogP contribution in [0.1, 0.15) is 32.0 Å². The number of aromatic amines is 1. The van der Waals surface area contributed by atoms with Gasteiger partial charge in [-0.25, -0.2) is 4.98 Å². The van der Waals surface area contributed by atoms with Crippen molar-refractivity contribution >= 4 is 27.0 Å². The molecule has 15 heavy (non-hydrogen) atoms. The molecule has 0 radical (unpaired) electrons. The fraction of sp³-hybridized carbons (Fsp3) is 0.417. The molecule has 1 fully saturated rings. The van der Waals surface area contributed by atoms with Crippen LogP contribution in [0.5, 0.6) is 0 Å². The highest BCUT2D eigenvalue weighted by Gasteiger charge is 2.48. The van der Waals surface area contributed by atoms with Crippen LogP contribution >= 0.6 is 15.9 Å². The zero-order valence-corrected chi connectivity index (χ0v) is 10.4. The van der Waals surface area contributed by atoms with Crippen LogP contribution in [-0.2, 0) is 0 Å². The van der Waals surface area contributed by atoms with E-state index in [1.165, 1.54) is 6.42 Å². The molecule has 0 saturated heterocycles. The van der Waals surface area contributed by atoms with Crippen molar-refractivity contribution in [2.75, 3.05) is 0 Å². The third-order valence-electron chi connectivity index (χ3n) is 3.31. The van der Waals surface area contributed by atoms with E-state index >= 15 is 0 Å². The van der Waals surface area contributed by atoms with Gasteiger partial charge in [0.25, 0.3) is 0 Å². The Morgan fingerprint density at radius 3 is 2.87 bits per heavy atom. The van der Waals surface area contributed by atoms with Gasteiger partial charge < -0.3 is 4.98 Å². The van der Waals surface area contributed by atoms with E-state index in [2.05, 4.69) is 51.9 Å². The van der Waals surface area contributed by atoms with Crippen molar-refractivity contribution in [2.24, 2.45) is 5.41 Å². The molecule has 0 aliphatic heterocycles. The number of hydrogen-bond donors (Lipinski definition) is 1. The summed E-state index contributed by atoms with van der Waals surface area (Å²) in [6, 6.07) is 6.17. The summed E-state index contributed by atoms with van der Waals surface area (Å²) in [5.74, 6) is 1.76. The molecule has 0 spiro atoms. The number of benzene rings is 1. The second-order valence-corrected chi connectivity index (χ2v) is 5.94. The number of rotatable bonds is 1. The number of aromatic nitrogens is 2. The Labute approximate surface area is 97.2 Å². The van der Waals surface area contributed by atoms with Gasteiger partial charge in [-0.15, -0.1) is 0 Å². The van der Waals surface area contributed by atoms with Gasteiger partial charge >= 0.3 is 0 Å². The smallest absolute Gasteiger partial charge is 0.110 e. The maximum absolute atomic E-state index is 4.64.